The number of urea groups is 1. The molecule has 0 radical (unpaired) electrons. The number of rotatable bonds is 8. The summed E-state index contributed by atoms with van der Waals surface area (Å²) in [6.45, 7) is -0.0195. The number of benzene rings is 1. The summed E-state index contributed by atoms with van der Waals surface area (Å²) in [5.41, 5.74) is 3.47. The van der Waals surface area contributed by atoms with Crippen molar-refractivity contribution in [1.29, 1.82) is 0 Å². The van der Waals surface area contributed by atoms with E-state index in [1.165, 1.54) is 29.7 Å². The number of pyridine rings is 1. The third kappa shape index (κ3) is 5.77. The molecular weight excluding hydrogens is 606 g/mol. The molecule has 47 heavy (non-hydrogen) atoms. The fraction of sp³-hybridized carbons (Fsp3) is 0.455. The van der Waals surface area contributed by atoms with Crippen molar-refractivity contribution in [2.75, 3.05) is 11.9 Å². The van der Waals surface area contributed by atoms with E-state index in [9.17, 15) is 14.7 Å². The number of aryl methyl sites for hydroxylation is 1. The predicted molar refractivity (Wildman–Crippen MR) is 166 cm³/mol. The van der Waals surface area contributed by atoms with Crippen molar-refractivity contribution in [2.24, 2.45) is 5.92 Å². The molecule has 1 saturated carbocycles. The first-order valence-electron chi connectivity index (χ1n) is 16.1. The lowest BCUT2D eigenvalue weighted by Gasteiger charge is -2.30. The fourth-order valence-corrected chi connectivity index (χ4v) is 7.26. The van der Waals surface area contributed by atoms with E-state index in [-0.39, 0.29) is 41.9 Å². The molecule has 5 heterocycles. The summed E-state index contributed by atoms with van der Waals surface area (Å²) in [6, 6.07) is 11.3. The van der Waals surface area contributed by atoms with Gasteiger partial charge in [0.2, 0.25) is 5.88 Å². The number of amides is 2. The molecule has 6 unspecified atom stereocenters. The van der Waals surface area contributed by atoms with Crippen LogP contribution >= 0.6 is 0 Å². The molecule has 14 nitrogen and oxygen atoms in total. The number of hydrogen-bond acceptors (Lipinski definition) is 10. The van der Waals surface area contributed by atoms with Gasteiger partial charge in [-0.15, -0.1) is 0 Å². The fourth-order valence-electron chi connectivity index (χ4n) is 7.26. The Bertz CT molecular complexity index is 1790. The predicted octanol–water partition coefficient (Wildman–Crippen LogP) is 3.88. The number of aromatic nitrogens is 5. The average molecular weight is 642 g/mol. The molecule has 2 saturated heterocycles. The van der Waals surface area contributed by atoms with Crippen LogP contribution in [-0.2, 0) is 27.1 Å². The van der Waals surface area contributed by atoms with Crippen molar-refractivity contribution in [2.45, 2.75) is 81.8 Å². The largest absolute Gasteiger partial charge is 0.477 e. The molecule has 1 aromatic carbocycles. The lowest BCUT2D eigenvalue weighted by Crippen LogP contribution is -2.36. The first-order chi connectivity index (χ1) is 23.0. The Morgan fingerprint density at radius 2 is 1.79 bits per heavy atom. The number of ether oxygens (including phenoxy) is 4. The van der Waals surface area contributed by atoms with Gasteiger partial charge in [0.1, 0.15) is 36.8 Å². The minimum absolute atomic E-state index is 0.00429. The number of nitrogens with zero attached hydrogens (tertiary/aromatic N) is 5. The molecule has 2 aliphatic heterocycles. The minimum atomic E-state index is -1.14. The van der Waals surface area contributed by atoms with Gasteiger partial charge in [-0.2, -0.15) is 0 Å². The molecule has 2 amide bonds. The molecule has 0 bridgehead atoms. The van der Waals surface area contributed by atoms with Crippen LogP contribution in [0.2, 0.25) is 0 Å². The number of imidazole rings is 1. The smallest absolute Gasteiger partial charge is 0.341 e. The highest BCUT2D eigenvalue weighted by Gasteiger charge is 2.55. The SMILES string of the molecule is O=C(Nc1ncnc2c1ncn2C1OC(COc2ncccc2C(=O)O)C2OC(C3CCc4ccccc4C3)OC21)NC1CCCC1. The Morgan fingerprint density at radius 1 is 0.957 bits per heavy atom. The zero-order valence-corrected chi connectivity index (χ0v) is 25.5. The lowest BCUT2D eigenvalue weighted by atomic mass is 9.83. The zero-order chi connectivity index (χ0) is 31.9. The van der Waals surface area contributed by atoms with Crippen molar-refractivity contribution < 1.29 is 33.6 Å². The van der Waals surface area contributed by atoms with E-state index in [4.69, 9.17) is 18.9 Å². The Kier molecular flexibility index (Phi) is 7.91. The van der Waals surface area contributed by atoms with E-state index in [1.54, 1.807) is 17.0 Å². The van der Waals surface area contributed by atoms with E-state index in [0.717, 1.165) is 44.9 Å². The Hall–Kier alpha value is -4.66. The molecule has 4 aromatic rings. The third-order valence-electron chi connectivity index (χ3n) is 9.58. The normalized spacial score (nSPS) is 27.0. The molecule has 3 fully saturated rings. The first kappa shape index (κ1) is 29.7. The summed E-state index contributed by atoms with van der Waals surface area (Å²) in [7, 11) is 0. The van der Waals surface area contributed by atoms with Gasteiger partial charge in [-0.1, -0.05) is 37.1 Å². The molecule has 3 N–H and O–H groups in total. The summed E-state index contributed by atoms with van der Waals surface area (Å²) in [6.07, 6.45) is 8.42. The molecule has 4 aliphatic rings. The number of carboxylic acid groups (broad SMARTS) is 1. The van der Waals surface area contributed by atoms with Gasteiger partial charge in [0.05, 0.1) is 6.33 Å². The number of aromatic carboxylic acids is 1. The summed E-state index contributed by atoms with van der Waals surface area (Å²) < 4.78 is 27.5. The summed E-state index contributed by atoms with van der Waals surface area (Å²) in [5, 5.41) is 15.5. The second-order valence-electron chi connectivity index (χ2n) is 12.5. The van der Waals surface area contributed by atoms with E-state index in [0.29, 0.717) is 11.2 Å². The van der Waals surface area contributed by atoms with Gasteiger partial charge in [0, 0.05) is 18.2 Å². The average Bonchev–Trinajstić information content (AvgIpc) is 3.89. The topological polar surface area (TPSA) is 172 Å². The summed E-state index contributed by atoms with van der Waals surface area (Å²) >= 11 is 0. The van der Waals surface area contributed by atoms with Crippen molar-refractivity contribution >= 4 is 29.0 Å². The van der Waals surface area contributed by atoms with Crippen LogP contribution in [0.5, 0.6) is 5.88 Å². The number of carboxylic acids is 1. The van der Waals surface area contributed by atoms with Crippen LogP contribution in [-0.4, -0.2) is 78.9 Å². The van der Waals surface area contributed by atoms with E-state index in [1.807, 2.05) is 0 Å². The maximum absolute atomic E-state index is 12.8. The Balaban J connectivity index is 1.05. The number of carbonyl (C=O) groups excluding carboxylic acids is 1. The number of nitrogens with one attached hydrogen (secondary N) is 2. The highest BCUT2D eigenvalue weighted by Crippen LogP contribution is 2.44. The zero-order valence-electron chi connectivity index (χ0n) is 25.5. The Labute approximate surface area is 269 Å². The third-order valence-corrected chi connectivity index (χ3v) is 9.58. The van der Waals surface area contributed by atoms with E-state index < -0.39 is 36.8 Å². The van der Waals surface area contributed by atoms with Crippen molar-refractivity contribution in [3.05, 3.63) is 71.9 Å². The quantitative estimate of drug-likeness (QED) is 0.255. The van der Waals surface area contributed by atoms with E-state index in [2.05, 4.69) is 54.8 Å². The van der Waals surface area contributed by atoms with Gasteiger partial charge < -0.3 is 29.4 Å². The first-order valence-corrected chi connectivity index (χ1v) is 16.1. The Morgan fingerprint density at radius 3 is 2.64 bits per heavy atom. The van der Waals surface area contributed by atoms with Crippen LogP contribution in [0.3, 0.4) is 0 Å². The van der Waals surface area contributed by atoms with Crippen LogP contribution in [0.1, 0.15) is 59.8 Å². The van der Waals surface area contributed by atoms with Crippen LogP contribution in [0.25, 0.3) is 11.2 Å². The van der Waals surface area contributed by atoms with Crippen molar-refractivity contribution in [3.8, 4) is 5.88 Å². The molecule has 14 heteroatoms. The molecule has 244 valence electrons. The number of carbonyl (C=O) groups is 2. The van der Waals surface area contributed by atoms with Gasteiger partial charge in [0.15, 0.2) is 29.5 Å². The second kappa shape index (κ2) is 12.5. The van der Waals surface area contributed by atoms with Gasteiger partial charge in [0.25, 0.3) is 0 Å². The monoisotopic (exact) mass is 641 g/mol. The van der Waals surface area contributed by atoms with Crippen LogP contribution in [0.15, 0.2) is 55.2 Å². The molecule has 3 aromatic heterocycles. The highest BCUT2D eigenvalue weighted by atomic mass is 16.8. The van der Waals surface area contributed by atoms with Crippen LogP contribution in [0.4, 0.5) is 10.6 Å². The minimum Gasteiger partial charge on any atom is -0.477 e. The molecule has 6 atom stereocenters. The highest BCUT2D eigenvalue weighted by molar-refractivity contribution is 5.96. The molecule has 2 aliphatic carbocycles. The maximum Gasteiger partial charge on any atom is 0.341 e. The number of fused-ring (bicyclic) bond motifs is 3. The standard InChI is InChI=1S/C33H35N7O7/c41-31(42)22-10-5-13-34-29(22)44-15-23-25-26(47-32(46-25)20-12-11-18-6-1-2-7-19(18)14-20)30(45-23)40-17-37-24-27(35-16-36-28(24)40)39-33(43)38-21-8-3-4-9-21/h1-2,5-7,10,13,16-17,20-21,23,25-26,30,32H,3-4,8-9,11-12,14-15H2,(H,41,42)(H2,35,36,38,39,43). The number of anilines is 1. The second-order valence-corrected chi connectivity index (χ2v) is 12.5. The van der Waals surface area contributed by atoms with Gasteiger partial charge in [-0.25, -0.2) is 29.5 Å². The molecule has 8 rings (SSSR count). The lowest BCUT2D eigenvalue weighted by molar-refractivity contribution is -0.170. The number of hydrogen-bond donors (Lipinski definition) is 3. The van der Waals surface area contributed by atoms with Gasteiger partial charge in [-0.3, -0.25) is 9.88 Å². The van der Waals surface area contributed by atoms with Crippen molar-refractivity contribution in [3.63, 3.8) is 0 Å². The van der Waals surface area contributed by atoms with Gasteiger partial charge in [-0.05, 0) is 55.4 Å². The van der Waals surface area contributed by atoms with Gasteiger partial charge >= 0.3 is 12.0 Å². The van der Waals surface area contributed by atoms with Crippen LogP contribution < -0.4 is 15.4 Å². The summed E-state index contributed by atoms with van der Waals surface area (Å²) in [4.78, 5) is 42.0. The molecular formula is C33H35N7O7. The van der Waals surface area contributed by atoms with E-state index >= 15 is 0 Å². The molecule has 0 spiro atoms. The van der Waals surface area contributed by atoms with Crippen molar-refractivity contribution in [1.82, 2.24) is 29.8 Å². The van der Waals surface area contributed by atoms with Crippen LogP contribution in [0, 0.1) is 5.92 Å². The maximum atomic E-state index is 12.8. The summed E-state index contributed by atoms with van der Waals surface area (Å²) in [5.74, 6) is -0.712.